The number of rotatable bonds is 6. The molecule has 1 unspecified atom stereocenters. The zero-order valence-electron chi connectivity index (χ0n) is 14.7. The number of aromatic nitrogens is 3. The lowest BCUT2D eigenvalue weighted by atomic mass is 9.76. The average molecular weight is 388 g/mol. The van der Waals surface area contributed by atoms with Gasteiger partial charge in [0, 0.05) is 0 Å². The van der Waals surface area contributed by atoms with Gasteiger partial charge in [-0.25, -0.2) is 9.37 Å². The van der Waals surface area contributed by atoms with Crippen LogP contribution < -0.4 is 0 Å². The van der Waals surface area contributed by atoms with Crippen LogP contribution in [-0.2, 0) is 24.6 Å². The van der Waals surface area contributed by atoms with Gasteiger partial charge in [-0.3, -0.25) is 4.68 Å². The predicted octanol–water partition coefficient (Wildman–Crippen LogP) is 4.53. The summed E-state index contributed by atoms with van der Waals surface area (Å²) in [6.07, 6.45) is -1.18. The van der Waals surface area contributed by atoms with Crippen LogP contribution in [0.15, 0.2) is 61.2 Å². The fraction of sp³-hybridized carbons (Fsp3) is 0.250. The zero-order valence-corrected chi connectivity index (χ0v) is 14.7. The van der Waals surface area contributed by atoms with Crippen molar-refractivity contribution >= 4 is 0 Å². The van der Waals surface area contributed by atoms with Gasteiger partial charge in [0.05, 0.1) is 18.2 Å². The number of hydrogen-bond acceptors (Lipinski definition) is 3. The van der Waals surface area contributed by atoms with Gasteiger partial charge in [-0.05, 0) is 42.2 Å². The maximum Gasteiger partial charge on any atom is 0.416 e. The molecule has 28 heavy (non-hydrogen) atoms. The van der Waals surface area contributed by atoms with Gasteiger partial charge in [0.25, 0.3) is 0 Å². The van der Waals surface area contributed by atoms with Crippen LogP contribution >= 0.6 is 0 Å². The van der Waals surface area contributed by atoms with Crippen LogP contribution in [0.3, 0.4) is 0 Å². The van der Waals surface area contributed by atoms with E-state index in [1.54, 1.807) is 12.1 Å². The van der Waals surface area contributed by atoms with E-state index in [-0.39, 0.29) is 24.3 Å². The zero-order chi connectivity index (χ0) is 20.2. The predicted molar refractivity (Wildman–Crippen MR) is 93.5 cm³/mol. The van der Waals surface area contributed by atoms with Crippen molar-refractivity contribution in [2.75, 3.05) is 0 Å². The van der Waals surface area contributed by atoms with Gasteiger partial charge in [0.2, 0.25) is 0 Å². The summed E-state index contributed by atoms with van der Waals surface area (Å²) in [6, 6.07) is 12.8. The first kappa shape index (κ1) is 19.5. The van der Waals surface area contributed by atoms with E-state index >= 15 is 0 Å². The number of aryl methyl sites for hydroxylation is 1. The van der Waals surface area contributed by atoms with Crippen LogP contribution in [-0.4, -0.2) is 14.8 Å². The van der Waals surface area contributed by atoms with Crippen molar-refractivity contribution in [3.8, 4) is 6.07 Å². The van der Waals surface area contributed by atoms with Crippen molar-refractivity contribution in [1.82, 2.24) is 14.8 Å². The minimum atomic E-state index is -4.51. The quantitative estimate of drug-likeness (QED) is 0.583. The summed E-state index contributed by atoms with van der Waals surface area (Å²) in [5.74, 6) is -0.379. The Kier molecular flexibility index (Phi) is 5.45. The van der Waals surface area contributed by atoms with E-state index < -0.39 is 17.2 Å². The maximum absolute atomic E-state index is 13.2. The summed E-state index contributed by atoms with van der Waals surface area (Å²) in [6.45, 7) is 0.0476. The van der Waals surface area contributed by atoms with Gasteiger partial charge in [-0.2, -0.15) is 23.5 Å². The highest BCUT2D eigenvalue weighted by Crippen LogP contribution is 2.36. The second-order valence-electron chi connectivity index (χ2n) is 6.49. The third-order valence-corrected chi connectivity index (χ3v) is 4.61. The minimum Gasteiger partial charge on any atom is -0.251 e. The lowest BCUT2D eigenvalue weighted by Crippen LogP contribution is -2.31. The molecule has 0 bridgehead atoms. The molecule has 0 N–H and O–H groups in total. The summed E-state index contributed by atoms with van der Waals surface area (Å²) >= 11 is 0. The van der Waals surface area contributed by atoms with Crippen LogP contribution in [0.25, 0.3) is 0 Å². The Balaban J connectivity index is 1.98. The fourth-order valence-electron chi connectivity index (χ4n) is 3.06. The molecule has 0 spiro atoms. The Hall–Kier alpha value is -3.21. The smallest absolute Gasteiger partial charge is 0.251 e. The molecule has 8 heteroatoms. The Morgan fingerprint density at radius 3 is 2.36 bits per heavy atom. The Labute approximate surface area is 159 Å². The summed E-state index contributed by atoms with van der Waals surface area (Å²) in [4.78, 5) is 3.84. The van der Waals surface area contributed by atoms with Crippen molar-refractivity contribution in [3.05, 3.63) is 83.7 Å². The number of alkyl halides is 3. The van der Waals surface area contributed by atoms with Crippen LogP contribution in [0, 0.1) is 17.1 Å². The molecule has 0 aliphatic rings. The summed E-state index contributed by atoms with van der Waals surface area (Å²) in [5.41, 5.74) is -1.04. The second-order valence-corrected chi connectivity index (χ2v) is 6.49. The lowest BCUT2D eigenvalue weighted by Gasteiger charge is -2.28. The van der Waals surface area contributed by atoms with E-state index in [0.717, 1.165) is 17.7 Å². The molecule has 4 nitrogen and oxygen atoms in total. The first-order chi connectivity index (χ1) is 13.3. The Bertz CT molecular complexity index is 959. The molecule has 0 fully saturated rings. The van der Waals surface area contributed by atoms with Crippen LogP contribution in [0.4, 0.5) is 17.6 Å². The van der Waals surface area contributed by atoms with Gasteiger partial charge < -0.3 is 0 Å². The molecule has 0 saturated carbocycles. The van der Waals surface area contributed by atoms with E-state index in [1.807, 2.05) is 0 Å². The van der Waals surface area contributed by atoms with Crippen molar-refractivity contribution in [2.45, 2.75) is 31.0 Å². The number of nitriles is 1. The van der Waals surface area contributed by atoms with E-state index in [9.17, 15) is 22.8 Å². The molecule has 1 aromatic heterocycles. The molecule has 0 saturated heterocycles. The summed E-state index contributed by atoms with van der Waals surface area (Å²) in [5, 5.41) is 14.0. The number of benzene rings is 2. The maximum atomic E-state index is 13.2. The average Bonchev–Trinajstić information content (AvgIpc) is 3.19. The topological polar surface area (TPSA) is 54.5 Å². The third-order valence-electron chi connectivity index (χ3n) is 4.61. The Morgan fingerprint density at radius 1 is 1.04 bits per heavy atom. The molecule has 144 valence electrons. The van der Waals surface area contributed by atoms with Crippen molar-refractivity contribution < 1.29 is 17.6 Å². The van der Waals surface area contributed by atoms with Crippen LogP contribution in [0.1, 0.15) is 23.1 Å². The summed E-state index contributed by atoms with van der Waals surface area (Å²) < 4.78 is 54.1. The normalized spacial score (nSPS) is 13.7. The highest BCUT2D eigenvalue weighted by Gasteiger charge is 2.37. The van der Waals surface area contributed by atoms with Crippen molar-refractivity contribution in [2.24, 2.45) is 0 Å². The molecular weight excluding hydrogens is 372 g/mol. The lowest BCUT2D eigenvalue weighted by molar-refractivity contribution is -0.137. The molecule has 3 rings (SSSR count). The van der Waals surface area contributed by atoms with E-state index in [2.05, 4.69) is 16.2 Å². The molecule has 0 radical (unpaired) electrons. The highest BCUT2D eigenvalue weighted by atomic mass is 19.4. The number of nitrogens with zero attached hydrogens (tertiary/aromatic N) is 4. The molecule has 2 aromatic carbocycles. The summed E-state index contributed by atoms with van der Waals surface area (Å²) in [7, 11) is 0. The molecular formula is C20H16F4N4. The van der Waals surface area contributed by atoms with Crippen LogP contribution in [0.2, 0.25) is 0 Å². The SMILES string of the molecule is N#CC(CCc1ccc(F)cc1)(Cn1cncn1)c1cccc(C(F)(F)F)c1. The number of hydrogen-bond donors (Lipinski definition) is 0. The molecule has 0 aliphatic heterocycles. The largest absolute Gasteiger partial charge is 0.416 e. The van der Waals surface area contributed by atoms with E-state index in [0.29, 0.717) is 6.42 Å². The van der Waals surface area contributed by atoms with Gasteiger partial charge in [-0.15, -0.1) is 0 Å². The van der Waals surface area contributed by atoms with Crippen molar-refractivity contribution in [1.29, 1.82) is 5.26 Å². The van der Waals surface area contributed by atoms with Gasteiger partial charge in [0.15, 0.2) is 0 Å². The standard InChI is InChI=1S/C20H16F4N4/c21-18-6-4-15(5-7-18)8-9-19(11-25,12-28-14-26-13-27-28)16-2-1-3-17(10-16)20(22,23)24/h1-7,10,13-14H,8-9,12H2. The number of halogens is 4. The van der Waals surface area contributed by atoms with Crippen LogP contribution in [0.5, 0.6) is 0 Å². The fourth-order valence-corrected chi connectivity index (χ4v) is 3.06. The van der Waals surface area contributed by atoms with Gasteiger partial charge >= 0.3 is 6.18 Å². The van der Waals surface area contributed by atoms with Crippen molar-refractivity contribution in [3.63, 3.8) is 0 Å². The molecule has 0 amide bonds. The molecule has 1 heterocycles. The molecule has 1 atom stereocenters. The van der Waals surface area contributed by atoms with E-state index in [4.69, 9.17) is 0 Å². The Morgan fingerprint density at radius 2 is 1.75 bits per heavy atom. The van der Waals surface area contributed by atoms with E-state index in [1.165, 1.54) is 41.6 Å². The van der Waals surface area contributed by atoms with Gasteiger partial charge in [-0.1, -0.05) is 30.3 Å². The second kappa shape index (κ2) is 7.80. The monoisotopic (exact) mass is 388 g/mol. The molecule has 0 aliphatic carbocycles. The first-order valence-corrected chi connectivity index (χ1v) is 8.48. The van der Waals surface area contributed by atoms with Gasteiger partial charge in [0.1, 0.15) is 23.9 Å². The molecule has 3 aromatic rings. The highest BCUT2D eigenvalue weighted by molar-refractivity contribution is 5.37. The minimum absolute atomic E-state index is 0.0476. The first-order valence-electron chi connectivity index (χ1n) is 8.48. The third kappa shape index (κ3) is 4.36.